The van der Waals surface area contributed by atoms with Crippen molar-refractivity contribution < 1.29 is 4.79 Å². The van der Waals surface area contributed by atoms with Crippen LogP contribution in [0.4, 0.5) is 11.4 Å². The number of hydrogen-bond acceptors (Lipinski definition) is 3. The SMILES string of the molecule is CN(C(=O)c1nccc2ccccc12)c1ccccc1N. The number of benzene rings is 2. The molecule has 0 saturated carbocycles. The first-order valence-electron chi connectivity index (χ1n) is 6.65. The Bertz CT molecular complexity index is 808. The van der Waals surface area contributed by atoms with Crippen LogP contribution < -0.4 is 10.6 Å². The minimum absolute atomic E-state index is 0.176. The van der Waals surface area contributed by atoms with Gasteiger partial charge in [-0.25, -0.2) is 0 Å². The minimum Gasteiger partial charge on any atom is -0.397 e. The zero-order valence-corrected chi connectivity index (χ0v) is 11.7. The van der Waals surface area contributed by atoms with E-state index in [0.29, 0.717) is 17.1 Å². The Balaban J connectivity index is 2.07. The van der Waals surface area contributed by atoms with Crippen molar-refractivity contribution in [3.8, 4) is 0 Å². The van der Waals surface area contributed by atoms with Crippen LogP contribution in [0.2, 0.25) is 0 Å². The summed E-state index contributed by atoms with van der Waals surface area (Å²) in [6, 6.07) is 16.9. The lowest BCUT2D eigenvalue weighted by molar-refractivity contribution is 0.0990. The second-order valence-electron chi connectivity index (χ2n) is 4.80. The zero-order chi connectivity index (χ0) is 14.8. The van der Waals surface area contributed by atoms with Crippen LogP contribution in [0.15, 0.2) is 60.8 Å². The fraction of sp³-hybridized carbons (Fsp3) is 0.0588. The van der Waals surface area contributed by atoms with Gasteiger partial charge in [-0.15, -0.1) is 0 Å². The molecule has 0 fully saturated rings. The lowest BCUT2D eigenvalue weighted by atomic mass is 10.1. The van der Waals surface area contributed by atoms with Crippen molar-refractivity contribution in [3.05, 3.63) is 66.5 Å². The number of hydrogen-bond donors (Lipinski definition) is 1. The monoisotopic (exact) mass is 277 g/mol. The quantitative estimate of drug-likeness (QED) is 0.732. The average molecular weight is 277 g/mol. The highest BCUT2D eigenvalue weighted by molar-refractivity contribution is 6.13. The maximum atomic E-state index is 12.7. The number of nitrogens with zero attached hydrogens (tertiary/aromatic N) is 2. The van der Waals surface area contributed by atoms with Crippen LogP contribution in [0.5, 0.6) is 0 Å². The summed E-state index contributed by atoms with van der Waals surface area (Å²) in [5.41, 5.74) is 7.61. The van der Waals surface area contributed by atoms with Crippen molar-refractivity contribution in [2.75, 3.05) is 17.7 Å². The highest BCUT2D eigenvalue weighted by atomic mass is 16.2. The molecule has 3 aromatic rings. The van der Waals surface area contributed by atoms with Crippen molar-refractivity contribution in [3.63, 3.8) is 0 Å². The van der Waals surface area contributed by atoms with Crippen molar-refractivity contribution in [1.29, 1.82) is 0 Å². The highest BCUT2D eigenvalue weighted by Gasteiger charge is 2.18. The number of fused-ring (bicyclic) bond motifs is 1. The molecular formula is C17H15N3O. The van der Waals surface area contributed by atoms with E-state index in [2.05, 4.69) is 4.98 Å². The van der Waals surface area contributed by atoms with Gasteiger partial charge in [0.05, 0.1) is 11.4 Å². The van der Waals surface area contributed by atoms with Crippen LogP contribution in [0.1, 0.15) is 10.5 Å². The molecule has 4 nitrogen and oxygen atoms in total. The number of rotatable bonds is 2. The maximum Gasteiger partial charge on any atom is 0.277 e. The summed E-state index contributed by atoms with van der Waals surface area (Å²) in [5, 5.41) is 1.83. The van der Waals surface area contributed by atoms with Crippen LogP contribution >= 0.6 is 0 Å². The summed E-state index contributed by atoms with van der Waals surface area (Å²) in [6.45, 7) is 0. The molecule has 21 heavy (non-hydrogen) atoms. The summed E-state index contributed by atoms with van der Waals surface area (Å²) in [7, 11) is 1.71. The van der Waals surface area contributed by atoms with Crippen LogP contribution in [0, 0.1) is 0 Å². The van der Waals surface area contributed by atoms with Crippen molar-refractivity contribution in [2.45, 2.75) is 0 Å². The second-order valence-corrected chi connectivity index (χ2v) is 4.80. The molecule has 0 bridgehead atoms. The summed E-state index contributed by atoms with van der Waals surface area (Å²) < 4.78 is 0. The van der Waals surface area contributed by atoms with Crippen LogP contribution in [-0.4, -0.2) is 17.9 Å². The Hall–Kier alpha value is -2.88. The molecule has 0 unspecified atom stereocenters. The van der Waals surface area contributed by atoms with Gasteiger partial charge in [-0.05, 0) is 23.6 Å². The van der Waals surface area contributed by atoms with Gasteiger partial charge >= 0.3 is 0 Å². The Morgan fingerprint density at radius 3 is 2.57 bits per heavy atom. The molecule has 1 amide bonds. The highest BCUT2D eigenvalue weighted by Crippen LogP contribution is 2.24. The molecular weight excluding hydrogens is 262 g/mol. The Morgan fingerprint density at radius 2 is 1.76 bits per heavy atom. The van der Waals surface area contributed by atoms with Gasteiger partial charge in [0.25, 0.3) is 5.91 Å². The topological polar surface area (TPSA) is 59.2 Å². The summed E-state index contributed by atoms with van der Waals surface area (Å²) in [5.74, 6) is -0.176. The third-order valence-corrected chi connectivity index (χ3v) is 3.48. The number of nitrogens with two attached hydrogens (primary N) is 1. The van der Waals surface area contributed by atoms with Crippen molar-refractivity contribution in [2.24, 2.45) is 0 Å². The fourth-order valence-electron chi connectivity index (χ4n) is 2.35. The van der Waals surface area contributed by atoms with E-state index in [9.17, 15) is 4.79 Å². The summed E-state index contributed by atoms with van der Waals surface area (Å²) >= 11 is 0. The van der Waals surface area contributed by atoms with Gasteiger partial charge in [-0.3, -0.25) is 9.78 Å². The predicted octanol–water partition coefficient (Wildman–Crippen LogP) is 3.09. The van der Waals surface area contributed by atoms with E-state index >= 15 is 0 Å². The molecule has 0 spiro atoms. The standard InChI is InChI=1S/C17H15N3O/c1-20(15-9-5-4-8-14(15)18)17(21)16-13-7-3-2-6-12(13)10-11-19-16/h2-11H,18H2,1H3. The number of pyridine rings is 1. The zero-order valence-electron chi connectivity index (χ0n) is 11.7. The van der Waals surface area contributed by atoms with Gasteiger partial charge in [0, 0.05) is 18.6 Å². The van der Waals surface area contributed by atoms with Crippen LogP contribution in [-0.2, 0) is 0 Å². The molecule has 0 aliphatic heterocycles. The first-order chi connectivity index (χ1) is 10.2. The molecule has 3 rings (SSSR count). The van der Waals surface area contributed by atoms with Gasteiger partial charge < -0.3 is 10.6 Å². The van der Waals surface area contributed by atoms with Gasteiger partial charge in [0.2, 0.25) is 0 Å². The average Bonchev–Trinajstić information content (AvgIpc) is 2.53. The molecule has 0 radical (unpaired) electrons. The minimum atomic E-state index is -0.176. The molecule has 1 heterocycles. The lowest BCUT2D eigenvalue weighted by Crippen LogP contribution is -2.28. The Labute approximate surface area is 122 Å². The number of carbonyl (C=O) groups is 1. The smallest absolute Gasteiger partial charge is 0.277 e. The van der Waals surface area contributed by atoms with Crippen LogP contribution in [0.25, 0.3) is 10.8 Å². The van der Waals surface area contributed by atoms with Gasteiger partial charge in [-0.2, -0.15) is 0 Å². The summed E-state index contributed by atoms with van der Waals surface area (Å²) in [4.78, 5) is 18.5. The van der Waals surface area contributed by atoms with E-state index < -0.39 is 0 Å². The first kappa shape index (κ1) is 13.1. The first-order valence-corrected chi connectivity index (χ1v) is 6.65. The molecule has 0 saturated heterocycles. The molecule has 4 heteroatoms. The number of carbonyl (C=O) groups excluding carboxylic acids is 1. The summed E-state index contributed by atoms with van der Waals surface area (Å²) in [6.07, 6.45) is 1.65. The number of para-hydroxylation sites is 2. The van der Waals surface area contributed by atoms with E-state index in [4.69, 9.17) is 5.73 Å². The Morgan fingerprint density at radius 1 is 1.05 bits per heavy atom. The maximum absolute atomic E-state index is 12.7. The molecule has 1 aromatic heterocycles. The van der Waals surface area contributed by atoms with Crippen molar-refractivity contribution in [1.82, 2.24) is 4.98 Å². The third-order valence-electron chi connectivity index (χ3n) is 3.48. The van der Waals surface area contributed by atoms with Crippen LogP contribution in [0.3, 0.4) is 0 Å². The van der Waals surface area contributed by atoms with E-state index in [1.54, 1.807) is 19.3 Å². The number of anilines is 2. The van der Waals surface area contributed by atoms with Gasteiger partial charge in [0.15, 0.2) is 0 Å². The van der Waals surface area contributed by atoms with E-state index in [0.717, 1.165) is 10.8 Å². The second kappa shape index (κ2) is 5.25. The number of aromatic nitrogens is 1. The van der Waals surface area contributed by atoms with E-state index in [-0.39, 0.29) is 5.91 Å². The normalized spacial score (nSPS) is 10.5. The van der Waals surface area contributed by atoms with Gasteiger partial charge in [0.1, 0.15) is 5.69 Å². The number of nitrogen functional groups attached to an aromatic ring is 1. The predicted molar refractivity (Wildman–Crippen MR) is 85.3 cm³/mol. The molecule has 0 aliphatic rings. The fourth-order valence-corrected chi connectivity index (χ4v) is 2.35. The van der Waals surface area contributed by atoms with Crippen molar-refractivity contribution >= 4 is 28.1 Å². The van der Waals surface area contributed by atoms with E-state index in [1.165, 1.54) is 4.90 Å². The molecule has 0 aliphatic carbocycles. The molecule has 104 valence electrons. The molecule has 2 aromatic carbocycles. The third kappa shape index (κ3) is 2.31. The largest absolute Gasteiger partial charge is 0.397 e. The van der Waals surface area contributed by atoms with E-state index in [1.807, 2.05) is 48.5 Å². The lowest BCUT2D eigenvalue weighted by Gasteiger charge is -2.19. The molecule has 0 atom stereocenters. The molecule has 2 N–H and O–H groups in total. The number of amides is 1. The Kier molecular flexibility index (Phi) is 3.28. The van der Waals surface area contributed by atoms with Gasteiger partial charge in [-0.1, -0.05) is 36.4 Å².